The molecule has 2 N–H and O–H groups in total. The second-order valence-corrected chi connectivity index (χ2v) is 5.50. The number of nitrogens with two attached hydrogens (primary N) is 1. The van der Waals surface area contributed by atoms with Gasteiger partial charge in [0.2, 0.25) is 0 Å². The fourth-order valence-corrected chi connectivity index (χ4v) is 2.78. The van der Waals surface area contributed by atoms with Crippen LogP contribution in [0.25, 0.3) is 0 Å². The van der Waals surface area contributed by atoms with E-state index >= 15 is 0 Å². The van der Waals surface area contributed by atoms with E-state index in [0.29, 0.717) is 18.3 Å². The zero-order chi connectivity index (χ0) is 13.1. The molecule has 0 bridgehead atoms. The quantitative estimate of drug-likeness (QED) is 0.890. The molecule has 2 aliphatic rings. The Labute approximate surface area is 112 Å². The average molecular weight is 267 g/mol. The minimum absolute atomic E-state index is 0.238. The molecule has 1 saturated carbocycles. The van der Waals surface area contributed by atoms with Gasteiger partial charge in [-0.3, -0.25) is 0 Å². The van der Waals surface area contributed by atoms with Crippen LogP contribution in [0.4, 0.5) is 0 Å². The monoisotopic (exact) mass is 267 g/mol. The SMILES string of the molecule is NC1(c2noc(COC3CCOCC3)n2)CCCC1. The highest BCUT2D eigenvalue weighted by Crippen LogP contribution is 2.34. The Balaban J connectivity index is 1.55. The lowest BCUT2D eigenvalue weighted by Crippen LogP contribution is -2.34. The zero-order valence-electron chi connectivity index (χ0n) is 11.1. The summed E-state index contributed by atoms with van der Waals surface area (Å²) < 4.78 is 16.3. The Hall–Kier alpha value is -0.980. The van der Waals surface area contributed by atoms with E-state index in [4.69, 9.17) is 19.7 Å². The minimum Gasteiger partial charge on any atom is -0.381 e. The lowest BCUT2D eigenvalue weighted by atomic mass is 9.99. The summed E-state index contributed by atoms with van der Waals surface area (Å²) in [4.78, 5) is 4.39. The molecule has 0 atom stereocenters. The molecule has 1 aliphatic carbocycles. The molecule has 3 rings (SSSR count). The van der Waals surface area contributed by atoms with Gasteiger partial charge >= 0.3 is 0 Å². The van der Waals surface area contributed by atoms with E-state index in [1.54, 1.807) is 0 Å². The van der Waals surface area contributed by atoms with Crippen LogP contribution < -0.4 is 5.73 Å². The first-order valence-corrected chi connectivity index (χ1v) is 7.08. The smallest absolute Gasteiger partial charge is 0.252 e. The fraction of sp³-hybridized carbons (Fsp3) is 0.846. The van der Waals surface area contributed by atoms with Gasteiger partial charge in [0.05, 0.1) is 11.6 Å². The van der Waals surface area contributed by atoms with Crippen LogP contribution in [0.3, 0.4) is 0 Å². The molecule has 0 aromatic carbocycles. The largest absolute Gasteiger partial charge is 0.381 e. The highest BCUT2D eigenvalue weighted by molar-refractivity contribution is 5.06. The van der Waals surface area contributed by atoms with Crippen LogP contribution in [-0.4, -0.2) is 29.5 Å². The lowest BCUT2D eigenvalue weighted by molar-refractivity contribution is -0.0455. The molecule has 19 heavy (non-hydrogen) atoms. The maximum absolute atomic E-state index is 6.29. The molecule has 1 aromatic rings. The molecule has 0 unspecified atom stereocenters. The van der Waals surface area contributed by atoms with E-state index in [0.717, 1.165) is 51.7 Å². The summed E-state index contributed by atoms with van der Waals surface area (Å²) in [5.74, 6) is 1.16. The Bertz CT molecular complexity index is 409. The van der Waals surface area contributed by atoms with Gasteiger partial charge in [0.25, 0.3) is 5.89 Å². The van der Waals surface area contributed by atoms with Crippen molar-refractivity contribution in [3.8, 4) is 0 Å². The Kier molecular flexibility index (Phi) is 3.81. The molecule has 1 aromatic heterocycles. The van der Waals surface area contributed by atoms with Crippen LogP contribution in [0, 0.1) is 0 Å². The third kappa shape index (κ3) is 2.96. The highest BCUT2D eigenvalue weighted by atomic mass is 16.5. The highest BCUT2D eigenvalue weighted by Gasteiger charge is 2.36. The second-order valence-electron chi connectivity index (χ2n) is 5.50. The van der Waals surface area contributed by atoms with Crippen LogP contribution in [0.15, 0.2) is 4.52 Å². The van der Waals surface area contributed by atoms with Crippen LogP contribution in [-0.2, 0) is 21.6 Å². The van der Waals surface area contributed by atoms with E-state index in [-0.39, 0.29) is 11.6 Å². The van der Waals surface area contributed by atoms with Crippen molar-refractivity contribution < 1.29 is 14.0 Å². The molecule has 0 amide bonds. The summed E-state index contributed by atoms with van der Waals surface area (Å²) in [6.07, 6.45) is 6.25. The summed E-state index contributed by atoms with van der Waals surface area (Å²) in [6, 6.07) is 0. The predicted molar refractivity (Wildman–Crippen MR) is 67.3 cm³/mol. The lowest BCUT2D eigenvalue weighted by Gasteiger charge is -2.21. The summed E-state index contributed by atoms with van der Waals surface area (Å²) in [5.41, 5.74) is 5.90. The number of hydrogen-bond donors (Lipinski definition) is 1. The van der Waals surface area contributed by atoms with E-state index < -0.39 is 0 Å². The average Bonchev–Trinajstić information content (AvgIpc) is 3.07. The van der Waals surface area contributed by atoms with Gasteiger partial charge in [0.1, 0.15) is 6.61 Å². The fourth-order valence-electron chi connectivity index (χ4n) is 2.78. The van der Waals surface area contributed by atoms with Gasteiger partial charge in [0, 0.05) is 13.2 Å². The Morgan fingerprint density at radius 2 is 2.00 bits per heavy atom. The molecule has 6 nitrogen and oxygen atoms in total. The normalized spacial score (nSPS) is 23.8. The van der Waals surface area contributed by atoms with Crippen LogP contribution in [0.1, 0.15) is 50.2 Å². The first-order chi connectivity index (χ1) is 9.26. The van der Waals surface area contributed by atoms with Gasteiger partial charge in [-0.25, -0.2) is 0 Å². The first kappa shape index (κ1) is 13.0. The van der Waals surface area contributed by atoms with Crippen LogP contribution in [0.5, 0.6) is 0 Å². The molecule has 106 valence electrons. The predicted octanol–water partition coefficient (Wildman–Crippen LogP) is 1.49. The van der Waals surface area contributed by atoms with Gasteiger partial charge in [-0.1, -0.05) is 18.0 Å². The minimum atomic E-state index is -0.388. The standard InChI is InChI=1S/C13H21N3O3/c14-13(5-1-2-6-13)12-15-11(19-16-12)9-18-10-3-7-17-8-4-10/h10H,1-9,14H2. The van der Waals surface area contributed by atoms with Gasteiger partial charge in [-0.15, -0.1) is 0 Å². The molecule has 1 saturated heterocycles. The zero-order valence-corrected chi connectivity index (χ0v) is 11.1. The number of hydrogen-bond acceptors (Lipinski definition) is 6. The summed E-state index contributed by atoms with van der Waals surface area (Å²) in [6.45, 7) is 1.91. The van der Waals surface area contributed by atoms with Crippen molar-refractivity contribution in [3.63, 3.8) is 0 Å². The van der Waals surface area contributed by atoms with E-state index in [2.05, 4.69) is 10.1 Å². The summed E-state index contributed by atoms with van der Waals surface area (Å²) in [7, 11) is 0. The first-order valence-electron chi connectivity index (χ1n) is 7.08. The van der Waals surface area contributed by atoms with Gasteiger partial charge in [0.15, 0.2) is 5.82 Å². The third-order valence-corrected chi connectivity index (χ3v) is 4.02. The van der Waals surface area contributed by atoms with Crippen molar-refractivity contribution in [2.24, 2.45) is 5.73 Å². The maximum atomic E-state index is 6.29. The van der Waals surface area contributed by atoms with Gasteiger partial charge in [-0.05, 0) is 25.7 Å². The molecule has 1 aliphatic heterocycles. The molecular weight excluding hydrogens is 246 g/mol. The van der Waals surface area contributed by atoms with Crippen molar-refractivity contribution in [1.29, 1.82) is 0 Å². The van der Waals surface area contributed by atoms with E-state index in [1.165, 1.54) is 0 Å². The van der Waals surface area contributed by atoms with Gasteiger partial charge < -0.3 is 19.7 Å². The summed E-state index contributed by atoms with van der Waals surface area (Å²) in [5, 5.41) is 4.02. The number of aromatic nitrogens is 2. The van der Waals surface area contributed by atoms with E-state index in [9.17, 15) is 0 Å². The van der Waals surface area contributed by atoms with Gasteiger partial charge in [-0.2, -0.15) is 4.98 Å². The molecule has 2 fully saturated rings. The van der Waals surface area contributed by atoms with Crippen molar-refractivity contribution >= 4 is 0 Å². The van der Waals surface area contributed by atoms with Crippen molar-refractivity contribution in [2.45, 2.75) is 56.8 Å². The van der Waals surface area contributed by atoms with Crippen molar-refractivity contribution in [1.82, 2.24) is 10.1 Å². The Morgan fingerprint density at radius 1 is 1.26 bits per heavy atom. The number of rotatable bonds is 4. The third-order valence-electron chi connectivity index (χ3n) is 4.02. The van der Waals surface area contributed by atoms with Crippen molar-refractivity contribution in [3.05, 3.63) is 11.7 Å². The van der Waals surface area contributed by atoms with Crippen LogP contribution >= 0.6 is 0 Å². The molecule has 6 heteroatoms. The molecule has 0 radical (unpaired) electrons. The number of nitrogens with zero attached hydrogens (tertiary/aromatic N) is 2. The van der Waals surface area contributed by atoms with Crippen molar-refractivity contribution in [2.75, 3.05) is 13.2 Å². The molecule has 2 heterocycles. The summed E-state index contributed by atoms with van der Waals surface area (Å²) >= 11 is 0. The second kappa shape index (κ2) is 5.56. The topological polar surface area (TPSA) is 83.4 Å². The maximum Gasteiger partial charge on any atom is 0.252 e. The van der Waals surface area contributed by atoms with E-state index in [1.807, 2.05) is 0 Å². The number of ether oxygens (including phenoxy) is 2. The van der Waals surface area contributed by atoms with Crippen LogP contribution in [0.2, 0.25) is 0 Å². The molecular formula is C13H21N3O3. The Morgan fingerprint density at radius 3 is 2.74 bits per heavy atom. The molecule has 0 spiro atoms.